The van der Waals surface area contributed by atoms with Gasteiger partial charge in [-0.05, 0) is 42.5 Å². The van der Waals surface area contributed by atoms with Gasteiger partial charge in [0, 0.05) is 45.1 Å². The quantitative estimate of drug-likeness (QED) is 0.584. The fourth-order valence-corrected chi connectivity index (χ4v) is 3.89. The predicted molar refractivity (Wildman–Crippen MR) is 114 cm³/mol. The number of nitrogens with zero attached hydrogens (tertiary/aromatic N) is 4. The topological polar surface area (TPSA) is 79.6 Å². The van der Waals surface area contributed by atoms with Crippen molar-refractivity contribution < 1.29 is 9.59 Å². The molecule has 0 saturated heterocycles. The van der Waals surface area contributed by atoms with E-state index in [1.165, 1.54) is 11.1 Å². The van der Waals surface area contributed by atoms with E-state index in [0.29, 0.717) is 32.4 Å². The smallest absolute Gasteiger partial charge is 0.222 e. The Morgan fingerprint density at radius 3 is 2.70 bits per heavy atom. The van der Waals surface area contributed by atoms with E-state index in [9.17, 15) is 9.59 Å². The van der Waals surface area contributed by atoms with E-state index in [4.69, 9.17) is 0 Å². The minimum atomic E-state index is -0.00195. The Balaban J connectivity index is 1.12. The molecule has 1 aliphatic rings. The molecule has 0 saturated carbocycles. The van der Waals surface area contributed by atoms with Crippen molar-refractivity contribution >= 4 is 17.5 Å². The van der Waals surface area contributed by atoms with Gasteiger partial charge in [0.25, 0.3) is 0 Å². The third-order valence-electron chi connectivity index (χ3n) is 5.56. The van der Waals surface area contributed by atoms with Gasteiger partial charge >= 0.3 is 0 Å². The molecule has 1 N–H and O–H groups in total. The van der Waals surface area contributed by atoms with E-state index in [-0.39, 0.29) is 11.8 Å². The fraction of sp³-hybridized carbons (Fsp3) is 0.391. The molecular formula is C23H27N5O2. The fourth-order valence-electron chi connectivity index (χ4n) is 3.89. The van der Waals surface area contributed by atoms with Gasteiger partial charge in [0.1, 0.15) is 5.82 Å². The number of rotatable bonds is 8. The first-order chi connectivity index (χ1) is 14.7. The van der Waals surface area contributed by atoms with Crippen molar-refractivity contribution in [2.45, 2.75) is 45.1 Å². The molecule has 7 heteroatoms. The maximum Gasteiger partial charge on any atom is 0.222 e. The number of amides is 2. The standard InChI is InChI=1S/C23H27N5O2/c29-22(24-14-6-10-21-26-25-20-9-3-4-15-28(20)21)11-5-12-23(30)27-16-13-18-7-1-2-8-19(18)17-27/h1-4,7-9,15H,5-6,10-14,16-17H2,(H,24,29). The molecule has 0 bridgehead atoms. The van der Waals surface area contributed by atoms with E-state index in [2.05, 4.69) is 27.6 Å². The maximum atomic E-state index is 12.5. The zero-order valence-corrected chi connectivity index (χ0v) is 17.1. The van der Waals surface area contributed by atoms with Crippen LogP contribution in [0.1, 0.15) is 42.6 Å². The van der Waals surface area contributed by atoms with E-state index < -0.39 is 0 Å². The molecule has 0 aliphatic carbocycles. The monoisotopic (exact) mass is 405 g/mol. The molecule has 3 aromatic rings. The molecule has 4 rings (SSSR count). The van der Waals surface area contributed by atoms with E-state index >= 15 is 0 Å². The lowest BCUT2D eigenvalue weighted by atomic mass is 9.99. The summed E-state index contributed by atoms with van der Waals surface area (Å²) in [5, 5.41) is 11.3. The van der Waals surface area contributed by atoms with Gasteiger partial charge in [-0.25, -0.2) is 0 Å². The first-order valence-electron chi connectivity index (χ1n) is 10.6. The van der Waals surface area contributed by atoms with Gasteiger partial charge < -0.3 is 10.2 Å². The number of hydrogen-bond acceptors (Lipinski definition) is 4. The molecule has 1 aliphatic heterocycles. The summed E-state index contributed by atoms with van der Waals surface area (Å²) in [6.07, 6.45) is 5.78. The van der Waals surface area contributed by atoms with Crippen LogP contribution in [0.2, 0.25) is 0 Å². The number of benzene rings is 1. The van der Waals surface area contributed by atoms with Gasteiger partial charge in [0.15, 0.2) is 5.65 Å². The predicted octanol–water partition coefficient (Wildman–Crippen LogP) is 2.53. The van der Waals surface area contributed by atoms with Crippen molar-refractivity contribution in [2.75, 3.05) is 13.1 Å². The zero-order valence-electron chi connectivity index (χ0n) is 17.1. The molecule has 2 aromatic heterocycles. The average molecular weight is 406 g/mol. The Morgan fingerprint density at radius 1 is 0.967 bits per heavy atom. The lowest BCUT2D eigenvalue weighted by Gasteiger charge is -2.29. The molecule has 156 valence electrons. The van der Waals surface area contributed by atoms with Crippen molar-refractivity contribution in [3.63, 3.8) is 0 Å². The average Bonchev–Trinajstić information content (AvgIpc) is 3.19. The number of hydrogen-bond donors (Lipinski definition) is 1. The molecule has 30 heavy (non-hydrogen) atoms. The van der Waals surface area contributed by atoms with E-state index in [0.717, 1.165) is 37.3 Å². The summed E-state index contributed by atoms with van der Waals surface area (Å²) in [5.41, 5.74) is 3.40. The lowest BCUT2D eigenvalue weighted by Crippen LogP contribution is -2.36. The van der Waals surface area contributed by atoms with Gasteiger partial charge in [0.2, 0.25) is 11.8 Å². The molecule has 0 unspecified atom stereocenters. The molecule has 1 aromatic carbocycles. The van der Waals surface area contributed by atoms with Crippen LogP contribution in [0.4, 0.5) is 0 Å². The Kier molecular flexibility index (Phi) is 6.37. The molecule has 3 heterocycles. The Labute approximate surface area is 176 Å². The van der Waals surface area contributed by atoms with E-state index in [1.54, 1.807) is 0 Å². The zero-order chi connectivity index (χ0) is 20.8. The summed E-state index contributed by atoms with van der Waals surface area (Å²) < 4.78 is 1.96. The van der Waals surface area contributed by atoms with Gasteiger partial charge in [-0.15, -0.1) is 10.2 Å². The van der Waals surface area contributed by atoms with Crippen LogP contribution in [0, 0.1) is 0 Å². The second-order valence-electron chi connectivity index (χ2n) is 7.69. The number of pyridine rings is 1. The highest BCUT2D eigenvalue weighted by atomic mass is 16.2. The minimum absolute atomic E-state index is 0.00195. The minimum Gasteiger partial charge on any atom is -0.356 e. The molecule has 2 amide bonds. The number of aromatic nitrogens is 3. The summed E-state index contributed by atoms with van der Waals surface area (Å²) in [5.74, 6) is 1.03. The first-order valence-corrected chi connectivity index (χ1v) is 10.6. The Morgan fingerprint density at radius 2 is 1.80 bits per heavy atom. The van der Waals surface area contributed by atoms with Crippen LogP contribution in [0.5, 0.6) is 0 Å². The third kappa shape index (κ3) is 4.84. The van der Waals surface area contributed by atoms with Crippen LogP contribution < -0.4 is 5.32 Å². The highest BCUT2D eigenvalue weighted by Gasteiger charge is 2.20. The van der Waals surface area contributed by atoms with Gasteiger partial charge in [0.05, 0.1) is 0 Å². The van der Waals surface area contributed by atoms with Crippen LogP contribution in [0.15, 0.2) is 48.7 Å². The summed E-state index contributed by atoms with van der Waals surface area (Å²) in [7, 11) is 0. The van der Waals surface area contributed by atoms with Gasteiger partial charge in [-0.3, -0.25) is 14.0 Å². The second-order valence-corrected chi connectivity index (χ2v) is 7.69. The van der Waals surface area contributed by atoms with Crippen molar-refractivity contribution in [2.24, 2.45) is 0 Å². The summed E-state index contributed by atoms with van der Waals surface area (Å²) >= 11 is 0. The van der Waals surface area contributed by atoms with Crippen molar-refractivity contribution in [3.05, 3.63) is 65.6 Å². The molecule has 7 nitrogen and oxygen atoms in total. The molecule has 0 radical (unpaired) electrons. The van der Waals surface area contributed by atoms with Crippen LogP contribution in [0.25, 0.3) is 5.65 Å². The molecule has 0 spiro atoms. The summed E-state index contributed by atoms with van der Waals surface area (Å²) in [6.45, 7) is 2.04. The number of carbonyl (C=O) groups excluding carboxylic acids is 2. The summed E-state index contributed by atoms with van der Waals surface area (Å²) in [4.78, 5) is 26.4. The SMILES string of the molecule is O=C(CCCC(=O)N1CCc2ccccc2C1)NCCCc1nnc2ccccn12. The van der Waals surface area contributed by atoms with E-state index in [1.807, 2.05) is 45.8 Å². The third-order valence-corrected chi connectivity index (χ3v) is 5.56. The highest BCUT2D eigenvalue weighted by molar-refractivity contribution is 5.79. The van der Waals surface area contributed by atoms with Crippen molar-refractivity contribution in [3.8, 4) is 0 Å². The van der Waals surface area contributed by atoms with Gasteiger partial charge in [-0.2, -0.15) is 0 Å². The molecule has 0 fully saturated rings. The second kappa shape index (κ2) is 9.52. The largest absolute Gasteiger partial charge is 0.356 e. The van der Waals surface area contributed by atoms with Crippen LogP contribution in [-0.2, 0) is 29.0 Å². The summed E-state index contributed by atoms with van der Waals surface area (Å²) in [6, 6.07) is 14.1. The molecular weight excluding hydrogens is 378 g/mol. The highest BCUT2D eigenvalue weighted by Crippen LogP contribution is 2.19. The van der Waals surface area contributed by atoms with Gasteiger partial charge in [-0.1, -0.05) is 30.3 Å². The number of aryl methyl sites for hydroxylation is 1. The normalized spacial score (nSPS) is 13.3. The van der Waals surface area contributed by atoms with Crippen LogP contribution in [-0.4, -0.2) is 44.4 Å². The Hall–Kier alpha value is -3.22. The van der Waals surface area contributed by atoms with Crippen LogP contribution >= 0.6 is 0 Å². The van der Waals surface area contributed by atoms with Crippen molar-refractivity contribution in [1.29, 1.82) is 0 Å². The lowest BCUT2D eigenvalue weighted by molar-refractivity contribution is -0.132. The van der Waals surface area contributed by atoms with Crippen LogP contribution in [0.3, 0.4) is 0 Å². The number of nitrogens with one attached hydrogen (secondary N) is 1. The number of fused-ring (bicyclic) bond motifs is 2. The van der Waals surface area contributed by atoms with Crippen molar-refractivity contribution in [1.82, 2.24) is 24.8 Å². The first kappa shape index (κ1) is 20.1. The Bertz CT molecular complexity index is 1030. The number of carbonyl (C=O) groups is 2. The molecule has 0 atom stereocenters. The maximum absolute atomic E-state index is 12.5.